The highest BCUT2D eigenvalue weighted by Gasteiger charge is 2.36. The fourth-order valence-corrected chi connectivity index (χ4v) is 4.46. The summed E-state index contributed by atoms with van der Waals surface area (Å²) >= 11 is 6.07. The number of nitrogens with one attached hydrogen (secondary N) is 1. The number of imidazole rings is 1. The van der Waals surface area contributed by atoms with Crippen molar-refractivity contribution in [3.05, 3.63) is 59.4 Å². The van der Waals surface area contributed by atoms with Crippen molar-refractivity contribution < 1.29 is 0 Å². The van der Waals surface area contributed by atoms with Crippen LogP contribution in [0.4, 0.5) is 0 Å². The predicted octanol–water partition coefficient (Wildman–Crippen LogP) is 4.15. The van der Waals surface area contributed by atoms with Crippen molar-refractivity contribution in [2.45, 2.75) is 6.54 Å². The molecule has 27 heavy (non-hydrogen) atoms. The van der Waals surface area contributed by atoms with E-state index < -0.39 is 0 Å². The Hall–Kier alpha value is -1.30. The fourth-order valence-electron chi connectivity index (χ4n) is 4.33. The third-order valence-corrected chi connectivity index (χ3v) is 5.84. The van der Waals surface area contributed by atoms with Crippen LogP contribution in [0.5, 0.6) is 0 Å². The number of nitrogens with zero attached hydrogens (tertiary/aromatic N) is 3. The highest BCUT2D eigenvalue weighted by atomic mass is 35.5. The second-order valence-electron chi connectivity index (χ2n) is 7.22. The first-order valence-corrected chi connectivity index (χ1v) is 9.31. The van der Waals surface area contributed by atoms with Gasteiger partial charge in [-0.05, 0) is 49.2 Å². The molecule has 2 aromatic heterocycles. The van der Waals surface area contributed by atoms with Crippen molar-refractivity contribution in [2.24, 2.45) is 11.8 Å². The zero-order chi connectivity index (χ0) is 16.8. The summed E-state index contributed by atoms with van der Waals surface area (Å²) in [5.41, 5.74) is 4.47. The zero-order valence-corrected chi connectivity index (χ0v) is 17.2. The summed E-state index contributed by atoms with van der Waals surface area (Å²) in [6.45, 7) is 5.63. The van der Waals surface area contributed by atoms with E-state index in [4.69, 9.17) is 16.6 Å². The molecule has 2 unspecified atom stereocenters. The molecule has 4 heterocycles. The molecule has 3 aromatic rings. The van der Waals surface area contributed by atoms with Crippen molar-refractivity contribution >= 4 is 42.1 Å². The van der Waals surface area contributed by atoms with Crippen LogP contribution in [0.15, 0.2) is 48.7 Å². The maximum Gasteiger partial charge on any atom is 0.137 e. The number of fused-ring (bicyclic) bond motifs is 2. The lowest BCUT2D eigenvalue weighted by molar-refractivity contribution is 0.301. The van der Waals surface area contributed by atoms with Gasteiger partial charge in [-0.2, -0.15) is 0 Å². The van der Waals surface area contributed by atoms with Crippen LogP contribution in [0.3, 0.4) is 0 Å². The van der Waals surface area contributed by atoms with Gasteiger partial charge in [0.15, 0.2) is 0 Å². The van der Waals surface area contributed by atoms with Gasteiger partial charge in [0.2, 0.25) is 0 Å². The largest absolute Gasteiger partial charge is 0.316 e. The van der Waals surface area contributed by atoms with Crippen molar-refractivity contribution in [3.63, 3.8) is 0 Å². The molecule has 2 fully saturated rings. The van der Waals surface area contributed by atoms with Gasteiger partial charge in [-0.25, -0.2) is 4.98 Å². The first kappa shape index (κ1) is 20.4. The van der Waals surface area contributed by atoms with E-state index in [2.05, 4.69) is 45.1 Å². The van der Waals surface area contributed by atoms with E-state index in [1.165, 1.54) is 31.9 Å². The highest BCUT2D eigenvalue weighted by molar-refractivity contribution is 6.30. The van der Waals surface area contributed by atoms with Gasteiger partial charge in [0.25, 0.3) is 0 Å². The Labute approximate surface area is 176 Å². The fraction of sp³-hybridized carbons (Fsp3) is 0.350. The van der Waals surface area contributed by atoms with Crippen LogP contribution in [0.1, 0.15) is 5.69 Å². The van der Waals surface area contributed by atoms with E-state index in [1.807, 2.05) is 18.2 Å². The second kappa shape index (κ2) is 8.38. The first-order valence-electron chi connectivity index (χ1n) is 8.93. The molecule has 2 atom stereocenters. The minimum atomic E-state index is 0. The summed E-state index contributed by atoms with van der Waals surface area (Å²) in [5, 5.41) is 4.28. The Morgan fingerprint density at radius 3 is 2.41 bits per heavy atom. The van der Waals surface area contributed by atoms with Crippen LogP contribution < -0.4 is 5.32 Å². The standard InChI is InChI=1S/C20H21ClN4.2ClH/c21-17-6-4-14(5-7-17)20-18(25-8-2-1-3-19(25)23-20)13-24-11-15-9-22-10-16(15)12-24;;/h1-8,15-16,22H,9-13H2;2*1H. The average molecular weight is 426 g/mol. The summed E-state index contributed by atoms with van der Waals surface area (Å²) in [4.78, 5) is 7.50. The van der Waals surface area contributed by atoms with Crippen molar-refractivity contribution in [2.75, 3.05) is 26.2 Å². The van der Waals surface area contributed by atoms with E-state index in [9.17, 15) is 0 Å². The third kappa shape index (κ3) is 3.82. The van der Waals surface area contributed by atoms with Gasteiger partial charge < -0.3 is 9.72 Å². The number of hydrogen-bond donors (Lipinski definition) is 1. The maximum absolute atomic E-state index is 6.07. The Morgan fingerprint density at radius 1 is 1.00 bits per heavy atom. The van der Waals surface area contributed by atoms with Crippen LogP contribution in [0.25, 0.3) is 16.9 Å². The molecule has 0 radical (unpaired) electrons. The summed E-state index contributed by atoms with van der Waals surface area (Å²) in [5.74, 6) is 1.61. The second-order valence-corrected chi connectivity index (χ2v) is 7.65. The number of likely N-dealkylation sites (tertiary alicyclic amines) is 1. The number of rotatable bonds is 3. The molecule has 2 aliphatic heterocycles. The molecular formula is C20H23Cl3N4. The lowest BCUT2D eigenvalue weighted by Crippen LogP contribution is -2.26. The molecule has 0 aliphatic carbocycles. The topological polar surface area (TPSA) is 32.6 Å². The van der Waals surface area contributed by atoms with Gasteiger partial charge in [0.05, 0.1) is 11.4 Å². The normalized spacial score (nSPS) is 21.7. The summed E-state index contributed by atoms with van der Waals surface area (Å²) < 4.78 is 2.23. The van der Waals surface area contributed by atoms with Gasteiger partial charge in [0, 0.05) is 36.4 Å². The molecule has 0 bridgehead atoms. The van der Waals surface area contributed by atoms with E-state index in [1.54, 1.807) is 0 Å². The number of hydrogen-bond acceptors (Lipinski definition) is 3. The highest BCUT2D eigenvalue weighted by Crippen LogP contribution is 2.31. The summed E-state index contributed by atoms with van der Waals surface area (Å²) in [6, 6.07) is 14.2. The van der Waals surface area contributed by atoms with Gasteiger partial charge >= 0.3 is 0 Å². The number of halogens is 3. The molecule has 0 amide bonds. The van der Waals surface area contributed by atoms with Crippen LogP contribution in [0, 0.1) is 11.8 Å². The molecule has 5 rings (SSSR count). The number of benzene rings is 1. The van der Waals surface area contributed by atoms with Crippen LogP contribution in [0.2, 0.25) is 5.02 Å². The molecule has 1 aromatic carbocycles. The van der Waals surface area contributed by atoms with Gasteiger partial charge in [-0.15, -0.1) is 24.8 Å². The van der Waals surface area contributed by atoms with E-state index in [-0.39, 0.29) is 24.8 Å². The Morgan fingerprint density at radius 2 is 1.70 bits per heavy atom. The van der Waals surface area contributed by atoms with Gasteiger partial charge in [0.1, 0.15) is 5.65 Å². The SMILES string of the molecule is Cl.Cl.Clc1ccc(-c2nc3ccccn3c2CN2CC3CNCC3C2)cc1. The third-order valence-electron chi connectivity index (χ3n) is 5.59. The van der Waals surface area contributed by atoms with Crippen LogP contribution in [-0.4, -0.2) is 40.5 Å². The minimum absolute atomic E-state index is 0. The zero-order valence-electron chi connectivity index (χ0n) is 14.8. The Bertz CT molecular complexity index is 897. The van der Waals surface area contributed by atoms with Gasteiger partial charge in [-0.1, -0.05) is 29.8 Å². The molecule has 0 spiro atoms. The molecule has 2 aliphatic rings. The first-order chi connectivity index (χ1) is 12.3. The Kier molecular flexibility index (Phi) is 6.34. The monoisotopic (exact) mass is 424 g/mol. The molecule has 2 saturated heterocycles. The van der Waals surface area contributed by atoms with Crippen molar-refractivity contribution in [3.8, 4) is 11.3 Å². The molecular weight excluding hydrogens is 403 g/mol. The molecule has 144 valence electrons. The molecule has 0 saturated carbocycles. The van der Waals surface area contributed by atoms with Crippen molar-refractivity contribution in [1.29, 1.82) is 0 Å². The van der Waals surface area contributed by atoms with Crippen LogP contribution >= 0.6 is 36.4 Å². The summed E-state index contributed by atoms with van der Waals surface area (Å²) in [6.07, 6.45) is 2.12. The quantitative estimate of drug-likeness (QED) is 0.684. The molecule has 7 heteroatoms. The van der Waals surface area contributed by atoms with Crippen LogP contribution in [-0.2, 0) is 6.54 Å². The lowest BCUT2D eigenvalue weighted by Gasteiger charge is -2.17. The van der Waals surface area contributed by atoms with Crippen molar-refractivity contribution in [1.82, 2.24) is 19.6 Å². The number of aromatic nitrogens is 2. The number of pyridine rings is 1. The molecule has 1 N–H and O–H groups in total. The van der Waals surface area contributed by atoms with E-state index in [0.717, 1.165) is 40.3 Å². The Balaban J connectivity index is 0.00000105. The molecule has 4 nitrogen and oxygen atoms in total. The minimum Gasteiger partial charge on any atom is -0.316 e. The van der Waals surface area contributed by atoms with E-state index >= 15 is 0 Å². The predicted molar refractivity (Wildman–Crippen MR) is 115 cm³/mol. The summed E-state index contributed by atoms with van der Waals surface area (Å²) in [7, 11) is 0. The van der Waals surface area contributed by atoms with E-state index in [0.29, 0.717) is 0 Å². The lowest BCUT2D eigenvalue weighted by atomic mass is 10.0. The average Bonchev–Trinajstić information content (AvgIpc) is 3.30. The maximum atomic E-state index is 6.07. The van der Waals surface area contributed by atoms with Gasteiger partial charge in [-0.3, -0.25) is 4.90 Å². The smallest absolute Gasteiger partial charge is 0.137 e.